The second kappa shape index (κ2) is 5.96. The summed E-state index contributed by atoms with van der Waals surface area (Å²) >= 11 is 6.07. The van der Waals surface area contributed by atoms with Crippen molar-refractivity contribution in [2.45, 2.75) is 33.1 Å². The number of nitrogens with one attached hydrogen (secondary N) is 2. The molecule has 7 heteroatoms. The molecule has 2 N–H and O–H groups in total. The van der Waals surface area contributed by atoms with Crippen LogP contribution < -0.4 is 15.6 Å². The molecule has 1 aromatic heterocycles. The van der Waals surface area contributed by atoms with E-state index in [2.05, 4.69) is 20.5 Å². The molecule has 0 saturated heterocycles. The molecule has 0 amide bonds. The van der Waals surface area contributed by atoms with Gasteiger partial charge in [0, 0.05) is 16.5 Å². The Kier molecular flexibility index (Phi) is 4.42. The van der Waals surface area contributed by atoms with Gasteiger partial charge in [-0.3, -0.25) is 9.78 Å². The lowest BCUT2D eigenvalue weighted by atomic mass is 9.93. The van der Waals surface area contributed by atoms with Crippen molar-refractivity contribution in [3.05, 3.63) is 38.8 Å². The van der Waals surface area contributed by atoms with Crippen LogP contribution >= 0.6 is 11.6 Å². The van der Waals surface area contributed by atoms with Gasteiger partial charge in [0.1, 0.15) is 11.4 Å². The zero-order valence-corrected chi connectivity index (χ0v) is 14.0. The number of hydrogen-bond acceptors (Lipinski definition) is 5. The van der Waals surface area contributed by atoms with Gasteiger partial charge in [0.15, 0.2) is 0 Å². The fourth-order valence-electron chi connectivity index (χ4n) is 1.94. The van der Waals surface area contributed by atoms with E-state index < -0.39 is 0 Å². The second-order valence-electron chi connectivity index (χ2n) is 6.03. The van der Waals surface area contributed by atoms with Crippen LogP contribution in [0.2, 0.25) is 5.02 Å². The molecule has 6 nitrogen and oxygen atoms in total. The van der Waals surface area contributed by atoms with Crippen molar-refractivity contribution >= 4 is 23.2 Å². The Labute approximate surface area is 133 Å². The number of anilines is 2. The van der Waals surface area contributed by atoms with Gasteiger partial charge in [-0.25, -0.2) is 0 Å². The molecule has 0 spiro atoms. The fraction of sp³-hybridized carbons (Fsp3) is 0.400. The molecule has 0 radical (unpaired) electrons. The Balaban J connectivity index is 2.38. The van der Waals surface area contributed by atoms with E-state index in [-0.39, 0.29) is 16.9 Å². The molecule has 22 heavy (non-hydrogen) atoms. The van der Waals surface area contributed by atoms with E-state index in [1.807, 2.05) is 33.8 Å². The lowest BCUT2D eigenvalue weighted by Gasteiger charge is -2.16. The number of hydrogen-bond donors (Lipinski definition) is 2. The zero-order chi connectivity index (χ0) is 16.5. The summed E-state index contributed by atoms with van der Waals surface area (Å²) in [5.41, 5.74) is 1.28. The standard InChI is InChI=1S/C15H19ClN4O2/c1-8-6-10(11(22-5)7-9(8)16)17-14-18-13(21)12(19-20-14)15(2,3)4/h6-7H,1-5H3,(H2,17,18,20,21). The number of rotatable bonds is 3. The van der Waals surface area contributed by atoms with Gasteiger partial charge in [-0.15, -0.1) is 10.2 Å². The number of benzene rings is 1. The highest BCUT2D eigenvalue weighted by Crippen LogP contribution is 2.32. The average molecular weight is 323 g/mol. The number of nitrogens with zero attached hydrogens (tertiary/aromatic N) is 2. The molecule has 1 aromatic carbocycles. The van der Waals surface area contributed by atoms with Gasteiger partial charge >= 0.3 is 0 Å². The number of aromatic amines is 1. The third-order valence-corrected chi connectivity index (χ3v) is 3.55. The molecule has 0 atom stereocenters. The zero-order valence-electron chi connectivity index (χ0n) is 13.2. The van der Waals surface area contributed by atoms with Gasteiger partial charge in [0.05, 0.1) is 12.8 Å². The SMILES string of the molecule is COc1cc(Cl)c(C)cc1Nc1nnc(C(C)(C)C)c(=O)[nH]1. The van der Waals surface area contributed by atoms with Gasteiger partial charge in [-0.05, 0) is 18.6 Å². The van der Waals surface area contributed by atoms with Crippen LogP contribution in [0.1, 0.15) is 32.0 Å². The largest absolute Gasteiger partial charge is 0.495 e. The molecule has 118 valence electrons. The lowest BCUT2D eigenvalue weighted by Crippen LogP contribution is -2.28. The quantitative estimate of drug-likeness (QED) is 0.907. The van der Waals surface area contributed by atoms with Crippen LogP contribution in [0, 0.1) is 6.92 Å². The number of aryl methyl sites for hydroxylation is 1. The first-order chi connectivity index (χ1) is 10.2. The van der Waals surface area contributed by atoms with Crippen molar-refractivity contribution in [2.75, 3.05) is 12.4 Å². The van der Waals surface area contributed by atoms with E-state index in [4.69, 9.17) is 16.3 Å². The van der Waals surface area contributed by atoms with Crippen LogP contribution in [0.5, 0.6) is 5.75 Å². The van der Waals surface area contributed by atoms with Crippen LogP contribution in [0.3, 0.4) is 0 Å². The maximum atomic E-state index is 12.1. The maximum absolute atomic E-state index is 12.1. The molecule has 1 heterocycles. The van der Waals surface area contributed by atoms with Gasteiger partial charge in [-0.1, -0.05) is 32.4 Å². The molecule has 2 rings (SSSR count). The van der Waals surface area contributed by atoms with E-state index in [0.717, 1.165) is 5.56 Å². The molecule has 0 unspecified atom stereocenters. The van der Waals surface area contributed by atoms with Crippen molar-refractivity contribution in [1.29, 1.82) is 0 Å². The predicted molar refractivity (Wildman–Crippen MR) is 87.4 cm³/mol. The maximum Gasteiger partial charge on any atom is 0.274 e. The van der Waals surface area contributed by atoms with Gasteiger partial charge in [0.25, 0.3) is 5.56 Å². The Morgan fingerprint density at radius 2 is 1.95 bits per heavy atom. The molecule has 0 saturated carbocycles. The van der Waals surface area contributed by atoms with Gasteiger partial charge < -0.3 is 10.1 Å². The van der Waals surface area contributed by atoms with Crippen molar-refractivity contribution in [2.24, 2.45) is 0 Å². The molecule has 0 aliphatic rings. The lowest BCUT2D eigenvalue weighted by molar-refractivity contribution is 0.416. The van der Waals surface area contributed by atoms with E-state index in [1.54, 1.807) is 13.2 Å². The summed E-state index contributed by atoms with van der Waals surface area (Å²) in [5, 5.41) is 11.6. The average Bonchev–Trinajstić information content (AvgIpc) is 2.41. The van der Waals surface area contributed by atoms with E-state index in [1.165, 1.54) is 0 Å². The van der Waals surface area contributed by atoms with E-state index >= 15 is 0 Å². The minimum absolute atomic E-state index is 0.248. The van der Waals surface area contributed by atoms with Crippen molar-refractivity contribution in [3.8, 4) is 5.75 Å². The first kappa shape index (κ1) is 16.3. The number of halogens is 1. The first-order valence-electron chi connectivity index (χ1n) is 6.81. The number of aromatic nitrogens is 3. The molecule has 0 bridgehead atoms. The summed E-state index contributed by atoms with van der Waals surface area (Å²) in [4.78, 5) is 14.8. The summed E-state index contributed by atoms with van der Waals surface area (Å²) in [6, 6.07) is 3.52. The van der Waals surface area contributed by atoms with Crippen molar-refractivity contribution in [3.63, 3.8) is 0 Å². The van der Waals surface area contributed by atoms with E-state index in [9.17, 15) is 4.79 Å². The van der Waals surface area contributed by atoms with E-state index in [0.29, 0.717) is 22.2 Å². The molecular weight excluding hydrogens is 304 g/mol. The summed E-state index contributed by atoms with van der Waals surface area (Å²) in [6.45, 7) is 7.60. The van der Waals surface area contributed by atoms with Crippen molar-refractivity contribution in [1.82, 2.24) is 15.2 Å². The predicted octanol–water partition coefficient (Wildman–Crippen LogP) is 3.18. The Bertz CT molecular complexity index is 750. The second-order valence-corrected chi connectivity index (χ2v) is 6.44. The summed E-state index contributed by atoms with van der Waals surface area (Å²) in [5.74, 6) is 0.802. The number of methoxy groups -OCH3 is 1. The highest BCUT2D eigenvalue weighted by Gasteiger charge is 2.20. The van der Waals surface area contributed by atoms with Crippen LogP contribution in [-0.2, 0) is 5.41 Å². The Hall–Kier alpha value is -2.08. The van der Waals surface area contributed by atoms with Gasteiger partial charge in [0.2, 0.25) is 5.95 Å². The monoisotopic (exact) mass is 322 g/mol. The molecule has 2 aromatic rings. The number of H-pyrrole nitrogens is 1. The summed E-state index contributed by atoms with van der Waals surface area (Å²) < 4.78 is 5.27. The molecule has 0 fully saturated rings. The fourth-order valence-corrected chi connectivity index (χ4v) is 2.10. The van der Waals surface area contributed by atoms with Crippen LogP contribution in [-0.4, -0.2) is 22.3 Å². The third-order valence-electron chi connectivity index (χ3n) is 3.14. The minimum atomic E-state index is -0.367. The van der Waals surface area contributed by atoms with Crippen molar-refractivity contribution < 1.29 is 4.74 Å². The molecule has 0 aliphatic carbocycles. The normalized spacial score (nSPS) is 11.4. The van der Waals surface area contributed by atoms with Crippen LogP contribution in [0.25, 0.3) is 0 Å². The van der Waals surface area contributed by atoms with Gasteiger partial charge in [-0.2, -0.15) is 0 Å². The minimum Gasteiger partial charge on any atom is -0.495 e. The number of ether oxygens (including phenoxy) is 1. The Morgan fingerprint density at radius 3 is 2.50 bits per heavy atom. The highest BCUT2D eigenvalue weighted by atomic mass is 35.5. The summed E-state index contributed by atoms with van der Waals surface area (Å²) in [6.07, 6.45) is 0. The Morgan fingerprint density at radius 1 is 1.27 bits per heavy atom. The summed E-state index contributed by atoms with van der Waals surface area (Å²) in [7, 11) is 1.54. The topological polar surface area (TPSA) is 79.9 Å². The van der Waals surface area contributed by atoms with Crippen LogP contribution in [0.4, 0.5) is 11.6 Å². The smallest absolute Gasteiger partial charge is 0.274 e. The molecule has 0 aliphatic heterocycles. The molecular formula is C15H19ClN4O2. The third kappa shape index (κ3) is 3.39. The first-order valence-corrected chi connectivity index (χ1v) is 7.19. The van der Waals surface area contributed by atoms with Crippen LogP contribution in [0.15, 0.2) is 16.9 Å². The highest BCUT2D eigenvalue weighted by molar-refractivity contribution is 6.31.